The molecule has 1 heterocycles. The first-order chi connectivity index (χ1) is 6.88. The molecule has 0 spiro atoms. The number of guanidine groups is 1. The number of rotatable bonds is 2. The number of hydrogen-bond donors (Lipinski definition) is 2. The molecule has 0 aromatic carbocycles. The molecule has 1 rings (SSSR count). The highest BCUT2D eigenvalue weighted by molar-refractivity contribution is 7.09. The van der Waals surface area contributed by atoms with Gasteiger partial charge in [0, 0.05) is 10.4 Å². The standard InChI is InChI=1S/C10H18N4S/c1-7-8(15-6-13-7)5-12-9(11)14-10(2,3)4/h6H,5H2,1-4H3,(H3,11,12,14). The van der Waals surface area contributed by atoms with Crippen LogP contribution in [0.4, 0.5) is 0 Å². The molecule has 0 amide bonds. The Kier molecular flexibility index (Phi) is 3.68. The van der Waals surface area contributed by atoms with Gasteiger partial charge in [-0.25, -0.2) is 9.98 Å². The van der Waals surface area contributed by atoms with Crippen molar-refractivity contribution in [3.8, 4) is 0 Å². The molecule has 0 saturated heterocycles. The highest BCUT2D eigenvalue weighted by Gasteiger charge is 2.09. The Morgan fingerprint density at radius 3 is 2.73 bits per heavy atom. The van der Waals surface area contributed by atoms with Crippen molar-refractivity contribution in [2.45, 2.75) is 39.8 Å². The Labute approximate surface area is 94.6 Å². The van der Waals surface area contributed by atoms with Crippen LogP contribution in [0, 0.1) is 6.92 Å². The van der Waals surface area contributed by atoms with E-state index >= 15 is 0 Å². The maximum atomic E-state index is 5.75. The van der Waals surface area contributed by atoms with Gasteiger partial charge < -0.3 is 11.1 Å². The van der Waals surface area contributed by atoms with Crippen LogP contribution in [-0.4, -0.2) is 16.5 Å². The normalized spacial score (nSPS) is 12.9. The zero-order valence-corrected chi connectivity index (χ0v) is 10.5. The van der Waals surface area contributed by atoms with Crippen molar-refractivity contribution in [1.29, 1.82) is 0 Å². The Morgan fingerprint density at radius 2 is 2.27 bits per heavy atom. The Hall–Kier alpha value is -1.10. The summed E-state index contributed by atoms with van der Waals surface area (Å²) in [6.45, 7) is 8.73. The first-order valence-electron chi connectivity index (χ1n) is 4.85. The van der Waals surface area contributed by atoms with Gasteiger partial charge in [0.2, 0.25) is 0 Å². The van der Waals surface area contributed by atoms with Crippen molar-refractivity contribution in [3.63, 3.8) is 0 Å². The van der Waals surface area contributed by atoms with Crippen LogP contribution in [0.25, 0.3) is 0 Å². The van der Waals surface area contributed by atoms with Crippen molar-refractivity contribution in [3.05, 3.63) is 16.1 Å². The van der Waals surface area contributed by atoms with Gasteiger partial charge in [0.05, 0.1) is 17.7 Å². The summed E-state index contributed by atoms with van der Waals surface area (Å²) in [4.78, 5) is 9.58. The van der Waals surface area contributed by atoms with Crippen molar-refractivity contribution >= 4 is 17.3 Å². The zero-order chi connectivity index (χ0) is 11.5. The predicted molar refractivity (Wildman–Crippen MR) is 65.1 cm³/mol. The van der Waals surface area contributed by atoms with Crippen LogP contribution in [-0.2, 0) is 6.54 Å². The fourth-order valence-electron chi connectivity index (χ4n) is 1.06. The molecule has 1 aromatic heterocycles. The summed E-state index contributed by atoms with van der Waals surface area (Å²) in [5.74, 6) is 0.482. The van der Waals surface area contributed by atoms with Crippen molar-refractivity contribution in [1.82, 2.24) is 10.3 Å². The van der Waals surface area contributed by atoms with Gasteiger partial charge in [0.15, 0.2) is 5.96 Å². The molecule has 0 fully saturated rings. The minimum Gasteiger partial charge on any atom is -0.370 e. The molecule has 84 valence electrons. The minimum absolute atomic E-state index is 0.0453. The quantitative estimate of drug-likeness (QED) is 0.595. The third-order valence-corrected chi connectivity index (χ3v) is 2.66. The Balaban J connectivity index is 2.55. The van der Waals surface area contributed by atoms with E-state index < -0.39 is 0 Å². The second kappa shape index (κ2) is 4.61. The van der Waals surface area contributed by atoms with E-state index in [1.807, 2.05) is 33.2 Å². The molecule has 0 radical (unpaired) electrons. The van der Waals surface area contributed by atoms with Gasteiger partial charge in [-0.2, -0.15) is 0 Å². The minimum atomic E-state index is -0.0453. The van der Waals surface area contributed by atoms with E-state index in [0.29, 0.717) is 12.5 Å². The molecular formula is C10H18N4S. The fraction of sp³-hybridized carbons (Fsp3) is 0.600. The second-order valence-electron chi connectivity index (χ2n) is 4.44. The molecule has 0 saturated carbocycles. The highest BCUT2D eigenvalue weighted by Crippen LogP contribution is 2.12. The first kappa shape index (κ1) is 12.0. The van der Waals surface area contributed by atoms with Crippen molar-refractivity contribution in [2.24, 2.45) is 10.7 Å². The van der Waals surface area contributed by atoms with Crippen molar-refractivity contribution in [2.75, 3.05) is 0 Å². The number of aromatic nitrogens is 1. The molecular weight excluding hydrogens is 208 g/mol. The second-order valence-corrected chi connectivity index (χ2v) is 5.38. The molecule has 5 heteroatoms. The van der Waals surface area contributed by atoms with Crippen LogP contribution in [0.5, 0.6) is 0 Å². The van der Waals surface area contributed by atoms with Gasteiger partial charge in [0.1, 0.15) is 0 Å². The van der Waals surface area contributed by atoms with E-state index in [9.17, 15) is 0 Å². The van der Waals surface area contributed by atoms with E-state index in [1.165, 1.54) is 0 Å². The van der Waals surface area contributed by atoms with Crippen LogP contribution in [0.2, 0.25) is 0 Å². The van der Waals surface area contributed by atoms with Crippen molar-refractivity contribution < 1.29 is 0 Å². The van der Waals surface area contributed by atoms with Gasteiger partial charge in [-0.05, 0) is 27.7 Å². The summed E-state index contributed by atoms with van der Waals surface area (Å²) in [7, 11) is 0. The number of aryl methyl sites for hydroxylation is 1. The van der Waals surface area contributed by atoms with Crippen LogP contribution in [0.3, 0.4) is 0 Å². The van der Waals surface area contributed by atoms with E-state index in [4.69, 9.17) is 5.73 Å². The number of nitrogens with two attached hydrogens (primary N) is 1. The Morgan fingerprint density at radius 1 is 1.60 bits per heavy atom. The van der Waals surface area contributed by atoms with E-state index in [-0.39, 0.29) is 5.54 Å². The number of thiazole rings is 1. The zero-order valence-electron chi connectivity index (χ0n) is 9.66. The number of hydrogen-bond acceptors (Lipinski definition) is 3. The summed E-state index contributed by atoms with van der Waals surface area (Å²) in [6, 6.07) is 0. The highest BCUT2D eigenvalue weighted by atomic mass is 32.1. The monoisotopic (exact) mass is 226 g/mol. The maximum absolute atomic E-state index is 5.75. The first-order valence-corrected chi connectivity index (χ1v) is 5.73. The average molecular weight is 226 g/mol. The fourth-order valence-corrected chi connectivity index (χ4v) is 1.76. The molecule has 15 heavy (non-hydrogen) atoms. The third kappa shape index (κ3) is 4.29. The predicted octanol–water partition coefficient (Wildman–Crippen LogP) is 1.65. The van der Waals surface area contributed by atoms with Gasteiger partial charge >= 0.3 is 0 Å². The van der Waals surface area contributed by atoms with Crippen LogP contribution in [0.1, 0.15) is 31.3 Å². The molecule has 0 aliphatic heterocycles. The molecule has 1 aromatic rings. The smallest absolute Gasteiger partial charge is 0.189 e. The summed E-state index contributed by atoms with van der Waals surface area (Å²) in [6.07, 6.45) is 0. The van der Waals surface area contributed by atoms with E-state index in [0.717, 1.165) is 10.6 Å². The lowest BCUT2D eigenvalue weighted by Gasteiger charge is -2.20. The van der Waals surface area contributed by atoms with Gasteiger partial charge in [-0.15, -0.1) is 11.3 Å². The summed E-state index contributed by atoms with van der Waals surface area (Å²) >= 11 is 1.61. The molecule has 0 atom stereocenters. The largest absolute Gasteiger partial charge is 0.370 e. The molecule has 4 nitrogen and oxygen atoms in total. The lowest BCUT2D eigenvalue weighted by atomic mass is 10.1. The van der Waals surface area contributed by atoms with Gasteiger partial charge in [0.25, 0.3) is 0 Å². The molecule has 0 bridgehead atoms. The third-order valence-electron chi connectivity index (χ3n) is 1.74. The van der Waals surface area contributed by atoms with Crippen LogP contribution < -0.4 is 11.1 Å². The Bertz CT molecular complexity index is 349. The number of aliphatic imine (C=N–C) groups is 1. The molecule has 3 N–H and O–H groups in total. The van der Waals surface area contributed by atoms with Gasteiger partial charge in [-0.1, -0.05) is 0 Å². The summed E-state index contributed by atoms with van der Waals surface area (Å²) in [5.41, 5.74) is 8.57. The van der Waals surface area contributed by atoms with Gasteiger partial charge in [-0.3, -0.25) is 0 Å². The topological polar surface area (TPSA) is 63.3 Å². The maximum Gasteiger partial charge on any atom is 0.189 e. The summed E-state index contributed by atoms with van der Waals surface area (Å²) < 4.78 is 0. The number of nitrogens with one attached hydrogen (secondary N) is 1. The average Bonchev–Trinajstić information content (AvgIpc) is 2.44. The SMILES string of the molecule is Cc1ncsc1CN=C(N)NC(C)(C)C. The van der Waals surface area contributed by atoms with E-state index in [1.54, 1.807) is 11.3 Å². The van der Waals surface area contributed by atoms with E-state index in [2.05, 4.69) is 15.3 Å². The molecule has 0 aliphatic rings. The lowest BCUT2D eigenvalue weighted by molar-refractivity contribution is 0.508. The molecule has 0 unspecified atom stereocenters. The molecule has 0 aliphatic carbocycles. The summed E-state index contributed by atoms with van der Waals surface area (Å²) in [5, 5.41) is 3.11. The lowest BCUT2D eigenvalue weighted by Crippen LogP contribution is -2.44. The van der Waals surface area contributed by atoms with Crippen LogP contribution >= 0.6 is 11.3 Å². The van der Waals surface area contributed by atoms with Crippen LogP contribution in [0.15, 0.2) is 10.5 Å². The number of nitrogens with zero attached hydrogens (tertiary/aromatic N) is 2.